The number of nitrogens with two attached hydrogens (primary N) is 1. The first kappa shape index (κ1) is 13.7. The van der Waals surface area contributed by atoms with E-state index in [1.165, 1.54) is 6.20 Å². The number of H-pyrrole nitrogens is 1. The van der Waals surface area contributed by atoms with Crippen molar-refractivity contribution in [3.05, 3.63) is 22.4 Å². The summed E-state index contributed by atoms with van der Waals surface area (Å²) in [6.07, 6.45) is 0.869. The van der Waals surface area contributed by atoms with Crippen molar-refractivity contribution in [3.8, 4) is 0 Å². The molecule has 1 saturated heterocycles. The summed E-state index contributed by atoms with van der Waals surface area (Å²) in [5, 5.41) is 4.48. The summed E-state index contributed by atoms with van der Waals surface area (Å²) in [7, 11) is 1.73. The molecule has 1 fully saturated rings. The number of primary amides is 1. The van der Waals surface area contributed by atoms with Gasteiger partial charge in [0.05, 0.1) is 19.3 Å². The van der Waals surface area contributed by atoms with Crippen LogP contribution in [-0.4, -0.2) is 56.4 Å². The molecule has 2 aromatic heterocycles. The van der Waals surface area contributed by atoms with Gasteiger partial charge in [-0.15, -0.1) is 0 Å². The van der Waals surface area contributed by atoms with Gasteiger partial charge in [-0.2, -0.15) is 5.10 Å². The van der Waals surface area contributed by atoms with Gasteiger partial charge in [0.1, 0.15) is 17.3 Å². The van der Waals surface area contributed by atoms with Crippen molar-refractivity contribution in [1.82, 2.24) is 24.6 Å². The number of fused-ring (bicyclic) bond motifs is 1. The van der Waals surface area contributed by atoms with Crippen LogP contribution >= 0.6 is 0 Å². The first-order valence-electron chi connectivity index (χ1n) is 6.59. The summed E-state index contributed by atoms with van der Waals surface area (Å²) < 4.78 is 6.84. The van der Waals surface area contributed by atoms with Gasteiger partial charge in [0.25, 0.3) is 5.56 Å². The lowest BCUT2D eigenvalue weighted by atomic mass is 10.2. The van der Waals surface area contributed by atoms with Crippen molar-refractivity contribution in [1.29, 1.82) is 0 Å². The predicted molar refractivity (Wildman–Crippen MR) is 73.3 cm³/mol. The third kappa shape index (κ3) is 2.65. The summed E-state index contributed by atoms with van der Waals surface area (Å²) in [6.45, 7) is 1.88. The smallest absolute Gasteiger partial charge is 0.262 e. The van der Waals surface area contributed by atoms with Crippen LogP contribution in [0.4, 0.5) is 0 Å². The normalized spacial score (nSPS) is 20.0. The molecule has 9 nitrogen and oxygen atoms in total. The van der Waals surface area contributed by atoms with E-state index < -0.39 is 12.0 Å². The molecule has 0 spiro atoms. The number of aromatic amines is 1. The number of carbonyl (C=O) groups is 1. The molecule has 3 N–H and O–H groups in total. The van der Waals surface area contributed by atoms with E-state index in [1.807, 2.05) is 4.90 Å². The van der Waals surface area contributed by atoms with Gasteiger partial charge >= 0.3 is 0 Å². The van der Waals surface area contributed by atoms with Crippen LogP contribution < -0.4 is 11.3 Å². The van der Waals surface area contributed by atoms with E-state index in [2.05, 4.69) is 15.1 Å². The van der Waals surface area contributed by atoms with Crippen molar-refractivity contribution in [2.24, 2.45) is 12.8 Å². The number of aromatic nitrogens is 4. The lowest BCUT2D eigenvalue weighted by molar-refractivity contribution is -0.135. The van der Waals surface area contributed by atoms with Crippen LogP contribution in [0.3, 0.4) is 0 Å². The first-order chi connectivity index (χ1) is 10.0. The Hall–Kier alpha value is -2.26. The zero-order valence-corrected chi connectivity index (χ0v) is 11.6. The van der Waals surface area contributed by atoms with Crippen molar-refractivity contribution in [2.45, 2.75) is 12.6 Å². The Morgan fingerprint density at radius 1 is 1.62 bits per heavy atom. The highest BCUT2D eigenvalue weighted by molar-refractivity contribution is 5.79. The second-order valence-corrected chi connectivity index (χ2v) is 5.01. The molecule has 2 aromatic rings. The van der Waals surface area contributed by atoms with E-state index in [4.69, 9.17) is 10.5 Å². The topological polar surface area (TPSA) is 119 Å². The number of carbonyl (C=O) groups excluding carboxylic acids is 1. The number of aryl methyl sites for hydroxylation is 1. The molecular formula is C12H16N6O3. The number of ether oxygens (including phenoxy) is 1. The number of rotatable bonds is 3. The van der Waals surface area contributed by atoms with Crippen LogP contribution in [0.25, 0.3) is 11.0 Å². The van der Waals surface area contributed by atoms with E-state index >= 15 is 0 Å². The van der Waals surface area contributed by atoms with Gasteiger partial charge in [-0.3, -0.25) is 19.2 Å². The molecular weight excluding hydrogens is 276 g/mol. The molecule has 9 heteroatoms. The largest absolute Gasteiger partial charge is 0.367 e. The zero-order chi connectivity index (χ0) is 15.0. The van der Waals surface area contributed by atoms with Crippen molar-refractivity contribution in [2.75, 3.05) is 19.7 Å². The molecule has 112 valence electrons. The molecule has 3 rings (SSSR count). The molecule has 0 bridgehead atoms. The number of amides is 1. The van der Waals surface area contributed by atoms with Gasteiger partial charge in [0.15, 0.2) is 5.65 Å². The Balaban J connectivity index is 1.83. The van der Waals surface area contributed by atoms with E-state index in [-0.39, 0.29) is 5.56 Å². The van der Waals surface area contributed by atoms with Crippen LogP contribution in [-0.2, 0) is 23.1 Å². The fourth-order valence-electron chi connectivity index (χ4n) is 2.38. The van der Waals surface area contributed by atoms with Crippen molar-refractivity contribution in [3.63, 3.8) is 0 Å². The summed E-state index contributed by atoms with van der Waals surface area (Å²) >= 11 is 0. The standard InChI is InChI=1S/C12H16N6O3/c1-17-11-7(4-14-17)12(20)16-9(15-11)6-18-2-3-21-8(5-18)10(13)19/h4,8H,2-3,5-6H2,1H3,(H2,13,19)(H,15,16,20)/t8-/m1/s1. The number of morpholine rings is 1. The third-order valence-corrected chi connectivity index (χ3v) is 3.49. The Labute approximate surface area is 119 Å². The maximum absolute atomic E-state index is 12.0. The molecule has 21 heavy (non-hydrogen) atoms. The zero-order valence-electron chi connectivity index (χ0n) is 11.6. The number of hydrogen-bond donors (Lipinski definition) is 2. The average molecular weight is 292 g/mol. The third-order valence-electron chi connectivity index (χ3n) is 3.49. The molecule has 3 heterocycles. The predicted octanol–water partition coefficient (Wildman–Crippen LogP) is -1.66. The summed E-state index contributed by atoms with van der Waals surface area (Å²) in [5.74, 6) is 0.0458. The van der Waals surface area contributed by atoms with E-state index in [9.17, 15) is 9.59 Å². The molecule has 1 atom stereocenters. The number of nitrogens with zero attached hydrogens (tertiary/aromatic N) is 4. The van der Waals surface area contributed by atoms with Crippen LogP contribution in [0.1, 0.15) is 5.82 Å². The van der Waals surface area contributed by atoms with Crippen molar-refractivity contribution < 1.29 is 9.53 Å². The molecule has 0 saturated carbocycles. The quantitative estimate of drug-likeness (QED) is 0.699. The molecule has 0 unspecified atom stereocenters. The molecule has 1 aliphatic rings. The minimum Gasteiger partial charge on any atom is -0.367 e. The van der Waals surface area contributed by atoms with Crippen LogP contribution in [0.2, 0.25) is 0 Å². The summed E-state index contributed by atoms with van der Waals surface area (Å²) in [6, 6.07) is 0. The fourth-order valence-corrected chi connectivity index (χ4v) is 2.38. The second-order valence-electron chi connectivity index (χ2n) is 5.01. The summed E-state index contributed by atoms with van der Waals surface area (Å²) in [4.78, 5) is 32.3. The van der Waals surface area contributed by atoms with E-state index in [0.29, 0.717) is 43.1 Å². The Morgan fingerprint density at radius 3 is 3.19 bits per heavy atom. The highest BCUT2D eigenvalue weighted by Gasteiger charge is 2.25. The Bertz CT molecular complexity index is 736. The maximum atomic E-state index is 12.0. The minimum atomic E-state index is -0.620. The average Bonchev–Trinajstić information content (AvgIpc) is 2.81. The highest BCUT2D eigenvalue weighted by atomic mass is 16.5. The van der Waals surface area contributed by atoms with Gasteiger partial charge < -0.3 is 15.5 Å². The molecule has 0 radical (unpaired) electrons. The SMILES string of the molecule is Cn1ncc2c(=O)[nH]c(CN3CCO[C@@H](C(N)=O)C3)nc21. The molecule has 1 amide bonds. The Kier molecular flexibility index (Phi) is 3.43. The van der Waals surface area contributed by atoms with Crippen molar-refractivity contribution >= 4 is 16.9 Å². The number of hydrogen-bond acceptors (Lipinski definition) is 6. The van der Waals surface area contributed by atoms with Gasteiger partial charge in [-0.1, -0.05) is 0 Å². The van der Waals surface area contributed by atoms with Crippen LogP contribution in [0.15, 0.2) is 11.0 Å². The Morgan fingerprint density at radius 2 is 2.43 bits per heavy atom. The fraction of sp³-hybridized carbons (Fsp3) is 0.500. The van der Waals surface area contributed by atoms with E-state index in [1.54, 1.807) is 11.7 Å². The minimum absolute atomic E-state index is 0.220. The molecule has 0 aliphatic carbocycles. The van der Waals surface area contributed by atoms with E-state index in [0.717, 1.165) is 0 Å². The van der Waals surface area contributed by atoms with Gasteiger partial charge in [0, 0.05) is 20.1 Å². The molecule has 0 aromatic carbocycles. The van der Waals surface area contributed by atoms with Gasteiger partial charge in [0.2, 0.25) is 5.91 Å². The lowest BCUT2D eigenvalue weighted by Crippen LogP contribution is -2.48. The first-order valence-corrected chi connectivity index (χ1v) is 6.59. The van der Waals surface area contributed by atoms with Crippen LogP contribution in [0.5, 0.6) is 0 Å². The monoisotopic (exact) mass is 292 g/mol. The number of nitrogens with one attached hydrogen (secondary N) is 1. The second kappa shape index (κ2) is 5.26. The van der Waals surface area contributed by atoms with Crippen LogP contribution in [0, 0.1) is 0 Å². The summed E-state index contributed by atoms with van der Waals surface area (Å²) in [5.41, 5.74) is 5.57. The van der Waals surface area contributed by atoms with Gasteiger partial charge in [-0.05, 0) is 0 Å². The van der Waals surface area contributed by atoms with Gasteiger partial charge in [-0.25, -0.2) is 4.98 Å². The molecule has 1 aliphatic heterocycles. The maximum Gasteiger partial charge on any atom is 0.262 e. The lowest BCUT2D eigenvalue weighted by Gasteiger charge is -2.30. The highest BCUT2D eigenvalue weighted by Crippen LogP contribution is 2.09.